The van der Waals surface area contributed by atoms with Crippen LogP contribution in [0, 0.1) is 0 Å². The molecule has 0 aliphatic carbocycles. The van der Waals surface area contributed by atoms with Crippen molar-refractivity contribution in [2.45, 2.75) is 0 Å². The Bertz CT molecular complexity index is 706. The minimum atomic E-state index is -0.108. The van der Waals surface area contributed by atoms with Crippen molar-refractivity contribution in [2.75, 3.05) is 46.5 Å². The summed E-state index contributed by atoms with van der Waals surface area (Å²) < 4.78 is 12.1. The third kappa shape index (κ3) is 4.37. The summed E-state index contributed by atoms with van der Waals surface area (Å²) in [4.78, 5) is 14.7. The first kappa shape index (κ1) is 17.4. The topological polar surface area (TPSA) is 68.6 Å². The number of benzene rings is 1. The number of methoxy groups -OCH3 is 1. The van der Waals surface area contributed by atoms with Crippen LogP contribution in [0.25, 0.3) is 11.3 Å². The molecule has 0 spiro atoms. The van der Waals surface area contributed by atoms with Crippen molar-refractivity contribution in [1.29, 1.82) is 0 Å². The van der Waals surface area contributed by atoms with Gasteiger partial charge in [0.2, 0.25) is 0 Å². The first-order chi connectivity index (χ1) is 12.2. The van der Waals surface area contributed by atoms with Crippen LogP contribution in [0.15, 0.2) is 30.3 Å². The lowest BCUT2D eigenvalue weighted by atomic mass is 10.1. The van der Waals surface area contributed by atoms with Crippen molar-refractivity contribution in [1.82, 2.24) is 20.0 Å². The molecule has 1 aromatic heterocycles. The van der Waals surface area contributed by atoms with Gasteiger partial charge in [0.05, 0.1) is 26.0 Å². The van der Waals surface area contributed by atoms with Gasteiger partial charge in [-0.2, -0.15) is 5.10 Å². The van der Waals surface area contributed by atoms with Gasteiger partial charge >= 0.3 is 0 Å². The molecule has 1 amide bonds. The second-order valence-electron chi connectivity index (χ2n) is 5.98. The van der Waals surface area contributed by atoms with E-state index in [1.807, 2.05) is 30.3 Å². The largest absolute Gasteiger partial charge is 0.497 e. The molecule has 25 heavy (non-hydrogen) atoms. The Morgan fingerprint density at radius 2 is 2.00 bits per heavy atom. The summed E-state index contributed by atoms with van der Waals surface area (Å²) in [5.74, 6) is 0.684. The number of aryl methyl sites for hydroxylation is 1. The van der Waals surface area contributed by atoms with Crippen LogP contribution in [0.5, 0.6) is 5.75 Å². The van der Waals surface area contributed by atoms with Gasteiger partial charge < -0.3 is 14.8 Å². The van der Waals surface area contributed by atoms with Crippen LogP contribution in [0.2, 0.25) is 0 Å². The molecule has 7 nitrogen and oxygen atoms in total. The summed E-state index contributed by atoms with van der Waals surface area (Å²) in [6, 6.07) is 9.44. The average molecular weight is 344 g/mol. The molecular formula is C18H24N4O3. The molecule has 1 saturated heterocycles. The predicted octanol–water partition coefficient (Wildman–Crippen LogP) is 1.16. The highest BCUT2D eigenvalue weighted by atomic mass is 16.5. The maximum absolute atomic E-state index is 12.4. The third-order valence-electron chi connectivity index (χ3n) is 4.32. The number of amides is 1. The Balaban J connectivity index is 1.59. The lowest BCUT2D eigenvalue weighted by molar-refractivity contribution is 0.0383. The number of aromatic nitrogens is 2. The maximum Gasteiger partial charge on any atom is 0.269 e. The number of hydrogen-bond acceptors (Lipinski definition) is 5. The summed E-state index contributed by atoms with van der Waals surface area (Å²) in [7, 11) is 3.42. The Morgan fingerprint density at radius 3 is 2.68 bits per heavy atom. The van der Waals surface area contributed by atoms with E-state index in [0.717, 1.165) is 49.9 Å². The Kier molecular flexibility index (Phi) is 5.67. The number of hydrogen-bond donors (Lipinski definition) is 1. The number of rotatable bonds is 6. The molecule has 0 unspecified atom stereocenters. The standard InChI is InChI=1S/C18H24N4O3/c1-21-17(18(23)19-7-8-22-9-11-25-12-10-22)13-16(20-21)14-3-5-15(24-2)6-4-14/h3-6,13H,7-12H2,1-2H3,(H,19,23). The molecule has 2 aromatic rings. The fraction of sp³-hybridized carbons (Fsp3) is 0.444. The second-order valence-corrected chi connectivity index (χ2v) is 5.98. The zero-order chi connectivity index (χ0) is 17.6. The molecule has 1 N–H and O–H groups in total. The molecular weight excluding hydrogens is 320 g/mol. The summed E-state index contributed by atoms with van der Waals surface area (Å²) in [6.45, 7) is 4.81. The summed E-state index contributed by atoms with van der Waals surface area (Å²) >= 11 is 0. The van der Waals surface area contributed by atoms with E-state index >= 15 is 0 Å². The molecule has 1 aliphatic rings. The van der Waals surface area contributed by atoms with Crippen LogP contribution < -0.4 is 10.1 Å². The number of nitrogens with zero attached hydrogens (tertiary/aromatic N) is 3. The minimum absolute atomic E-state index is 0.108. The van der Waals surface area contributed by atoms with E-state index in [1.165, 1.54) is 0 Å². The highest BCUT2D eigenvalue weighted by molar-refractivity contribution is 5.93. The van der Waals surface area contributed by atoms with Crippen LogP contribution >= 0.6 is 0 Å². The van der Waals surface area contributed by atoms with Crippen LogP contribution in [0.1, 0.15) is 10.5 Å². The summed E-state index contributed by atoms with van der Waals surface area (Å²) in [5, 5.41) is 7.41. The molecule has 2 heterocycles. The van der Waals surface area contributed by atoms with E-state index in [2.05, 4.69) is 15.3 Å². The Labute approximate surface area is 147 Å². The number of morpholine rings is 1. The van der Waals surface area contributed by atoms with E-state index in [1.54, 1.807) is 18.8 Å². The van der Waals surface area contributed by atoms with Crippen molar-refractivity contribution in [3.63, 3.8) is 0 Å². The molecule has 0 bridgehead atoms. The number of ether oxygens (including phenoxy) is 2. The highest BCUT2D eigenvalue weighted by Gasteiger charge is 2.15. The van der Waals surface area contributed by atoms with Gasteiger partial charge in [-0.25, -0.2) is 0 Å². The summed E-state index contributed by atoms with van der Waals surface area (Å²) in [5.41, 5.74) is 2.26. The van der Waals surface area contributed by atoms with Crippen molar-refractivity contribution in [2.24, 2.45) is 7.05 Å². The van der Waals surface area contributed by atoms with E-state index in [-0.39, 0.29) is 5.91 Å². The molecule has 1 fully saturated rings. The number of nitrogens with one attached hydrogen (secondary N) is 1. The first-order valence-electron chi connectivity index (χ1n) is 8.44. The van der Waals surface area contributed by atoms with E-state index < -0.39 is 0 Å². The van der Waals surface area contributed by atoms with Crippen LogP contribution in [-0.4, -0.2) is 67.1 Å². The van der Waals surface area contributed by atoms with E-state index in [4.69, 9.17) is 9.47 Å². The van der Waals surface area contributed by atoms with Crippen LogP contribution in [-0.2, 0) is 11.8 Å². The molecule has 7 heteroatoms. The van der Waals surface area contributed by atoms with Crippen molar-refractivity contribution in [3.05, 3.63) is 36.0 Å². The lowest BCUT2D eigenvalue weighted by Gasteiger charge is -2.26. The zero-order valence-electron chi connectivity index (χ0n) is 14.7. The average Bonchev–Trinajstić information content (AvgIpc) is 3.04. The monoisotopic (exact) mass is 344 g/mol. The van der Waals surface area contributed by atoms with Crippen molar-refractivity contribution < 1.29 is 14.3 Å². The maximum atomic E-state index is 12.4. The van der Waals surface area contributed by atoms with Gasteiger partial charge in [-0.05, 0) is 30.3 Å². The predicted molar refractivity (Wildman–Crippen MR) is 94.8 cm³/mol. The zero-order valence-corrected chi connectivity index (χ0v) is 14.7. The Hall–Kier alpha value is -2.38. The molecule has 1 aliphatic heterocycles. The highest BCUT2D eigenvalue weighted by Crippen LogP contribution is 2.21. The number of carbonyl (C=O) groups is 1. The number of carbonyl (C=O) groups excluding carboxylic acids is 1. The lowest BCUT2D eigenvalue weighted by Crippen LogP contribution is -2.41. The van der Waals surface area contributed by atoms with Gasteiger partial charge in [-0.15, -0.1) is 0 Å². The quantitative estimate of drug-likeness (QED) is 0.852. The molecule has 3 rings (SSSR count). The molecule has 134 valence electrons. The SMILES string of the molecule is COc1ccc(-c2cc(C(=O)NCCN3CCOCC3)n(C)n2)cc1. The second kappa shape index (κ2) is 8.13. The van der Waals surface area contributed by atoms with Crippen molar-refractivity contribution in [3.8, 4) is 17.0 Å². The third-order valence-corrected chi connectivity index (χ3v) is 4.32. The van der Waals surface area contributed by atoms with Crippen LogP contribution in [0.4, 0.5) is 0 Å². The Morgan fingerprint density at radius 1 is 1.28 bits per heavy atom. The van der Waals surface area contributed by atoms with E-state index in [9.17, 15) is 4.79 Å². The molecule has 0 atom stereocenters. The fourth-order valence-electron chi connectivity index (χ4n) is 2.83. The normalized spacial score (nSPS) is 15.1. The van der Waals surface area contributed by atoms with Gasteiger partial charge in [0, 0.05) is 38.8 Å². The van der Waals surface area contributed by atoms with Gasteiger partial charge in [0.25, 0.3) is 5.91 Å². The van der Waals surface area contributed by atoms with Gasteiger partial charge in [-0.1, -0.05) is 0 Å². The summed E-state index contributed by atoms with van der Waals surface area (Å²) in [6.07, 6.45) is 0. The van der Waals surface area contributed by atoms with Crippen molar-refractivity contribution >= 4 is 5.91 Å². The van der Waals surface area contributed by atoms with Crippen LogP contribution in [0.3, 0.4) is 0 Å². The van der Waals surface area contributed by atoms with Gasteiger partial charge in [0.1, 0.15) is 11.4 Å². The van der Waals surface area contributed by atoms with E-state index in [0.29, 0.717) is 12.2 Å². The van der Waals surface area contributed by atoms with Gasteiger partial charge in [0.15, 0.2) is 0 Å². The van der Waals surface area contributed by atoms with Gasteiger partial charge in [-0.3, -0.25) is 14.4 Å². The smallest absolute Gasteiger partial charge is 0.269 e. The fourth-order valence-corrected chi connectivity index (χ4v) is 2.83. The molecule has 0 radical (unpaired) electrons. The first-order valence-corrected chi connectivity index (χ1v) is 8.44. The molecule has 0 saturated carbocycles. The minimum Gasteiger partial charge on any atom is -0.497 e. The molecule has 1 aromatic carbocycles.